The van der Waals surface area contributed by atoms with Crippen molar-refractivity contribution in [3.63, 3.8) is 0 Å². The van der Waals surface area contributed by atoms with E-state index in [0.717, 1.165) is 33.7 Å². The summed E-state index contributed by atoms with van der Waals surface area (Å²) in [4.78, 5) is 12.5. The van der Waals surface area contributed by atoms with Crippen molar-refractivity contribution in [1.82, 2.24) is 15.0 Å². The van der Waals surface area contributed by atoms with Crippen molar-refractivity contribution >= 4 is 11.0 Å². The standard InChI is InChI=1S/C18H13N3.C2H6/c1-2-8-14(13(7-1)15-9-5-6-12-19-15)18-20-16-10-3-4-11-17(16)21-18;1-2/h1-12H,(H,20,21);1-2H3. The van der Waals surface area contributed by atoms with Crippen LogP contribution in [0.25, 0.3) is 33.7 Å². The van der Waals surface area contributed by atoms with E-state index in [-0.39, 0.29) is 0 Å². The zero-order chi connectivity index (χ0) is 16.1. The van der Waals surface area contributed by atoms with Gasteiger partial charge in [-0.3, -0.25) is 4.98 Å². The predicted octanol–water partition coefficient (Wildman–Crippen LogP) is 5.32. The number of rotatable bonds is 2. The van der Waals surface area contributed by atoms with Gasteiger partial charge in [0, 0.05) is 17.3 Å². The number of hydrogen-bond acceptors (Lipinski definition) is 2. The Labute approximate surface area is 136 Å². The van der Waals surface area contributed by atoms with E-state index in [2.05, 4.69) is 27.1 Å². The maximum atomic E-state index is 4.69. The molecule has 0 radical (unpaired) electrons. The fraction of sp³-hybridized carbons (Fsp3) is 0.100. The van der Waals surface area contributed by atoms with Crippen LogP contribution in [-0.2, 0) is 0 Å². The number of nitrogens with zero attached hydrogens (tertiary/aromatic N) is 2. The third-order valence-corrected chi connectivity index (χ3v) is 3.51. The van der Waals surface area contributed by atoms with Gasteiger partial charge in [-0.25, -0.2) is 4.98 Å². The number of aromatic nitrogens is 3. The molecule has 23 heavy (non-hydrogen) atoms. The lowest BCUT2D eigenvalue weighted by molar-refractivity contribution is 1.30. The second kappa shape index (κ2) is 6.88. The molecular formula is C20H19N3. The number of H-pyrrole nitrogens is 1. The van der Waals surface area contributed by atoms with Gasteiger partial charge in [0.1, 0.15) is 5.82 Å². The Kier molecular flexibility index (Phi) is 4.48. The van der Waals surface area contributed by atoms with Gasteiger partial charge < -0.3 is 4.98 Å². The van der Waals surface area contributed by atoms with Crippen molar-refractivity contribution in [2.75, 3.05) is 0 Å². The highest BCUT2D eigenvalue weighted by molar-refractivity contribution is 5.84. The Morgan fingerprint density at radius 1 is 0.739 bits per heavy atom. The Hall–Kier alpha value is -2.94. The summed E-state index contributed by atoms with van der Waals surface area (Å²) in [6.07, 6.45) is 1.81. The molecule has 0 saturated heterocycles. The number of pyridine rings is 1. The molecule has 2 aromatic carbocycles. The van der Waals surface area contributed by atoms with Crippen molar-refractivity contribution in [2.45, 2.75) is 13.8 Å². The molecule has 0 aliphatic rings. The summed E-state index contributed by atoms with van der Waals surface area (Å²) in [5, 5.41) is 0. The van der Waals surface area contributed by atoms with Gasteiger partial charge in [0.15, 0.2) is 0 Å². The molecule has 0 aliphatic carbocycles. The molecule has 0 atom stereocenters. The minimum atomic E-state index is 0.873. The summed E-state index contributed by atoms with van der Waals surface area (Å²) in [7, 11) is 0. The zero-order valence-corrected chi connectivity index (χ0v) is 13.3. The van der Waals surface area contributed by atoms with Crippen LogP contribution >= 0.6 is 0 Å². The van der Waals surface area contributed by atoms with Gasteiger partial charge in [0.2, 0.25) is 0 Å². The lowest BCUT2D eigenvalue weighted by Gasteiger charge is -2.06. The monoisotopic (exact) mass is 301 g/mol. The van der Waals surface area contributed by atoms with Gasteiger partial charge in [-0.2, -0.15) is 0 Å². The molecular weight excluding hydrogens is 282 g/mol. The maximum absolute atomic E-state index is 4.69. The average molecular weight is 301 g/mol. The van der Waals surface area contributed by atoms with Gasteiger partial charge in [0.05, 0.1) is 16.7 Å². The van der Waals surface area contributed by atoms with Gasteiger partial charge in [-0.1, -0.05) is 56.3 Å². The molecule has 0 amide bonds. The van der Waals surface area contributed by atoms with Crippen LogP contribution in [0.5, 0.6) is 0 Å². The maximum Gasteiger partial charge on any atom is 0.139 e. The van der Waals surface area contributed by atoms with Crippen LogP contribution in [0.2, 0.25) is 0 Å². The number of aromatic amines is 1. The summed E-state index contributed by atoms with van der Waals surface area (Å²) in [5.74, 6) is 0.873. The minimum Gasteiger partial charge on any atom is -0.338 e. The topological polar surface area (TPSA) is 41.6 Å². The average Bonchev–Trinajstić information content (AvgIpc) is 3.08. The van der Waals surface area contributed by atoms with E-state index in [4.69, 9.17) is 0 Å². The van der Waals surface area contributed by atoms with Crippen molar-refractivity contribution in [1.29, 1.82) is 0 Å². The Balaban J connectivity index is 0.000000753. The van der Waals surface area contributed by atoms with E-state index < -0.39 is 0 Å². The molecule has 3 nitrogen and oxygen atoms in total. The number of para-hydroxylation sites is 2. The van der Waals surface area contributed by atoms with Gasteiger partial charge in [0.25, 0.3) is 0 Å². The quantitative estimate of drug-likeness (QED) is 0.544. The fourth-order valence-electron chi connectivity index (χ4n) is 2.52. The largest absolute Gasteiger partial charge is 0.338 e. The molecule has 0 unspecified atom stereocenters. The molecule has 1 N–H and O–H groups in total. The summed E-state index contributed by atoms with van der Waals surface area (Å²) in [6.45, 7) is 4.00. The third-order valence-electron chi connectivity index (χ3n) is 3.51. The molecule has 0 fully saturated rings. The van der Waals surface area contributed by atoms with Crippen molar-refractivity contribution in [3.05, 3.63) is 72.9 Å². The van der Waals surface area contributed by atoms with Crippen LogP contribution < -0.4 is 0 Å². The predicted molar refractivity (Wildman–Crippen MR) is 96.1 cm³/mol. The molecule has 2 heterocycles. The second-order valence-electron chi connectivity index (χ2n) is 4.86. The SMILES string of the molecule is CC.c1ccc(-c2ccccc2-c2nc3ccccc3[nH]2)nc1. The normalized spacial score (nSPS) is 10.2. The van der Waals surface area contributed by atoms with Crippen LogP contribution in [0.1, 0.15) is 13.8 Å². The number of fused-ring (bicyclic) bond motifs is 1. The van der Waals surface area contributed by atoms with Gasteiger partial charge >= 0.3 is 0 Å². The Morgan fingerprint density at radius 3 is 2.17 bits per heavy atom. The Morgan fingerprint density at radius 2 is 1.43 bits per heavy atom. The molecule has 114 valence electrons. The summed E-state index contributed by atoms with van der Waals surface area (Å²) in [5.41, 5.74) is 5.12. The highest BCUT2D eigenvalue weighted by Crippen LogP contribution is 2.30. The van der Waals surface area contributed by atoms with E-state index in [1.54, 1.807) is 0 Å². The molecule has 4 rings (SSSR count). The molecule has 0 aliphatic heterocycles. The lowest BCUT2D eigenvalue weighted by atomic mass is 10.0. The highest BCUT2D eigenvalue weighted by atomic mass is 14.9. The first kappa shape index (κ1) is 15.0. The molecule has 0 saturated carbocycles. The van der Waals surface area contributed by atoms with E-state index in [9.17, 15) is 0 Å². The fourth-order valence-corrected chi connectivity index (χ4v) is 2.52. The minimum absolute atomic E-state index is 0.873. The highest BCUT2D eigenvalue weighted by Gasteiger charge is 2.11. The number of hydrogen-bond donors (Lipinski definition) is 1. The smallest absolute Gasteiger partial charge is 0.139 e. The zero-order valence-electron chi connectivity index (χ0n) is 13.3. The molecule has 3 heteroatoms. The van der Waals surface area contributed by atoms with E-state index in [1.807, 2.05) is 74.6 Å². The lowest BCUT2D eigenvalue weighted by Crippen LogP contribution is -1.88. The summed E-state index contributed by atoms with van der Waals surface area (Å²) in [6, 6.07) is 22.2. The van der Waals surface area contributed by atoms with Crippen LogP contribution in [-0.4, -0.2) is 15.0 Å². The summed E-state index contributed by atoms with van der Waals surface area (Å²) < 4.78 is 0. The molecule has 4 aromatic rings. The Bertz CT molecular complexity index is 862. The number of benzene rings is 2. The van der Waals surface area contributed by atoms with Crippen LogP contribution in [0.3, 0.4) is 0 Å². The first-order valence-electron chi connectivity index (χ1n) is 7.87. The summed E-state index contributed by atoms with van der Waals surface area (Å²) >= 11 is 0. The number of imidazole rings is 1. The van der Waals surface area contributed by atoms with Gasteiger partial charge in [-0.05, 0) is 24.3 Å². The van der Waals surface area contributed by atoms with Crippen molar-refractivity contribution in [3.8, 4) is 22.6 Å². The number of nitrogens with one attached hydrogen (secondary N) is 1. The van der Waals surface area contributed by atoms with Crippen LogP contribution in [0, 0.1) is 0 Å². The van der Waals surface area contributed by atoms with E-state index >= 15 is 0 Å². The first-order valence-corrected chi connectivity index (χ1v) is 7.87. The molecule has 2 aromatic heterocycles. The van der Waals surface area contributed by atoms with Crippen molar-refractivity contribution in [2.24, 2.45) is 0 Å². The van der Waals surface area contributed by atoms with Gasteiger partial charge in [-0.15, -0.1) is 0 Å². The van der Waals surface area contributed by atoms with E-state index in [1.165, 1.54) is 0 Å². The molecule has 0 bridgehead atoms. The third kappa shape index (κ3) is 2.99. The van der Waals surface area contributed by atoms with Crippen molar-refractivity contribution < 1.29 is 0 Å². The van der Waals surface area contributed by atoms with Crippen LogP contribution in [0.4, 0.5) is 0 Å². The second-order valence-corrected chi connectivity index (χ2v) is 4.86. The first-order chi connectivity index (χ1) is 11.4. The van der Waals surface area contributed by atoms with E-state index in [0.29, 0.717) is 0 Å². The molecule has 0 spiro atoms. The van der Waals surface area contributed by atoms with Crippen LogP contribution in [0.15, 0.2) is 72.9 Å².